The van der Waals surface area contributed by atoms with Crippen LogP contribution in [0.4, 0.5) is 5.95 Å². The fourth-order valence-electron chi connectivity index (χ4n) is 1.70. The van der Waals surface area contributed by atoms with Crippen molar-refractivity contribution in [2.75, 3.05) is 5.43 Å². The van der Waals surface area contributed by atoms with Crippen LogP contribution in [-0.2, 0) is 12.8 Å². The van der Waals surface area contributed by atoms with Crippen molar-refractivity contribution < 1.29 is 4.74 Å². The summed E-state index contributed by atoms with van der Waals surface area (Å²) in [5.41, 5.74) is 2.41. The smallest absolute Gasteiger partial charge is 0.323 e. The Hall–Kier alpha value is -2.29. The van der Waals surface area contributed by atoms with Crippen LogP contribution in [0.15, 0.2) is 0 Å². The number of ether oxygens (including phenoxy) is 1. The number of aryl methyl sites for hydroxylation is 2. The number of hydrazine groups is 1. The number of hydrogen-bond donors (Lipinski definition) is 2. The van der Waals surface area contributed by atoms with E-state index in [4.69, 9.17) is 10.6 Å². The SMILES string of the molecule is CCc1nc(CC)n(-c2nc(NN)nc(OC(C)C)n2)n1. The van der Waals surface area contributed by atoms with Gasteiger partial charge in [-0.1, -0.05) is 13.8 Å². The van der Waals surface area contributed by atoms with Crippen molar-refractivity contribution in [1.82, 2.24) is 29.7 Å². The largest absolute Gasteiger partial charge is 0.461 e. The van der Waals surface area contributed by atoms with Gasteiger partial charge in [-0.05, 0) is 13.8 Å². The van der Waals surface area contributed by atoms with Gasteiger partial charge in [0.2, 0.25) is 5.95 Å². The quantitative estimate of drug-likeness (QED) is 0.588. The molecule has 2 aromatic heterocycles. The zero-order chi connectivity index (χ0) is 15.4. The number of nitrogen functional groups attached to an aromatic ring is 1. The Bertz CT molecular complexity index is 609. The van der Waals surface area contributed by atoms with Crippen LogP contribution in [0.1, 0.15) is 39.3 Å². The monoisotopic (exact) mass is 292 g/mol. The van der Waals surface area contributed by atoms with Crippen molar-refractivity contribution in [3.8, 4) is 12.0 Å². The fraction of sp³-hybridized carbons (Fsp3) is 0.583. The van der Waals surface area contributed by atoms with Crippen molar-refractivity contribution in [1.29, 1.82) is 0 Å². The standard InChI is InChI=1S/C12H20N8O/c1-5-8-14-9(6-2)20(19-8)11-15-10(18-13)16-12(17-11)21-7(3)4/h7H,5-6,13H2,1-4H3,(H,15,16,17,18). The van der Waals surface area contributed by atoms with Gasteiger partial charge in [0.1, 0.15) is 5.82 Å². The molecule has 114 valence electrons. The second-order valence-electron chi connectivity index (χ2n) is 4.62. The Morgan fingerprint density at radius 1 is 1.14 bits per heavy atom. The molecule has 2 aromatic rings. The molecule has 0 aliphatic rings. The van der Waals surface area contributed by atoms with Crippen LogP contribution >= 0.6 is 0 Å². The minimum atomic E-state index is -0.0570. The zero-order valence-corrected chi connectivity index (χ0v) is 12.7. The Morgan fingerprint density at radius 3 is 2.48 bits per heavy atom. The third-order valence-electron chi connectivity index (χ3n) is 2.61. The lowest BCUT2D eigenvalue weighted by atomic mass is 10.4. The fourth-order valence-corrected chi connectivity index (χ4v) is 1.70. The molecule has 0 saturated heterocycles. The lowest BCUT2D eigenvalue weighted by molar-refractivity contribution is 0.221. The maximum absolute atomic E-state index is 5.51. The minimum absolute atomic E-state index is 0.0570. The van der Waals surface area contributed by atoms with E-state index in [-0.39, 0.29) is 18.1 Å². The molecule has 2 rings (SSSR count). The normalized spacial score (nSPS) is 11.0. The first-order chi connectivity index (χ1) is 10.1. The average molecular weight is 292 g/mol. The van der Waals surface area contributed by atoms with Crippen molar-refractivity contribution in [2.45, 2.75) is 46.6 Å². The average Bonchev–Trinajstić information content (AvgIpc) is 2.89. The second-order valence-corrected chi connectivity index (χ2v) is 4.62. The summed E-state index contributed by atoms with van der Waals surface area (Å²) in [6, 6.07) is 0.193. The van der Waals surface area contributed by atoms with Crippen molar-refractivity contribution in [3.05, 3.63) is 11.6 Å². The van der Waals surface area contributed by atoms with Gasteiger partial charge in [-0.3, -0.25) is 5.43 Å². The van der Waals surface area contributed by atoms with E-state index in [0.29, 0.717) is 12.4 Å². The first-order valence-corrected chi connectivity index (χ1v) is 6.91. The van der Waals surface area contributed by atoms with E-state index in [1.54, 1.807) is 4.68 Å². The molecule has 0 unspecified atom stereocenters. The molecule has 0 atom stereocenters. The predicted molar refractivity (Wildman–Crippen MR) is 77.1 cm³/mol. The lowest BCUT2D eigenvalue weighted by Crippen LogP contribution is -2.17. The van der Waals surface area contributed by atoms with E-state index in [2.05, 4.69) is 30.5 Å². The van der Waals surface area contributed by atoms with E-state index in [1.807, 2.05) is 27.7 Å². The summed E-state index contributed by atoms with van der Waals surface area (Å²) >= 11 is 0. The molecule has 0 radical (unpaired) electrons. The summed E-state index contributed by atoms with van der Waals surface area (Å²) in [6.07, 6.45) is 1.39. The Labute approximate surface area is 123 Å². The molecule has 0 aliphatic heterocycles. The molecule has 9 nitrogen and oxygen atoms in total. The third-order valence-corrected chi connectivity index (χ3v) is 2.61. The van der Waals surface area contributed by atoms with E-state index in [1.165, 1.54) is 0 Å². The molecule has 9 heteroatoms. The highest BCUT2D eigenvalue weighted by molar-refractivity contribution is 5.29. The molecule has 0 aromatic carbocycles. The highest BCUT2D eigenvalue weighted by atomic mass is 16.5. The number of anilines is 1. The second kappa shape index (κ2) is 6.44. The van der Waals surface area contributed by atoms with Crippen LogP contribution in [0.3, 0.4) is 0 Å². The first kappa shape index (κ1) is 15.1. The lowest BCUT2D eigenvalue weighted by Gasteiger charge is -2.10. The van der Waals surface area contributed by atoms with Crippen LogP contribution < -0.4 is 16.0 Å². The molecule has 0 spiro atoms. The zero-order valence-electron chi connectivity index (χ0n) is 12.7. The Morgan fingerprint density at radius 2 is 1.90 bits per heavy atom. The van der Waals surface area contributed by atoms with Gasteiger partial charge in [0.05, 0.1) is 6.10 Å². The molecular formula is C12H20N8O. The molecular weight excluding hydrogens is 272 g/mol. The highest BCUT2D eigenvalue weighted by Crippen LogP contribution is 2.13. The number of rotatable bonds is 6. The molecule has 21 heavy (non-hydrogen) atoms. The summed E-state index contributed by atoms with van der Waals surface area (Å²) in [7, 11) is 0. The molecule has 0 fully saturated rings. The molecule has 3 N–H and O–H groups in total. The van der Waals surface area contributed by atoms with E-state index in [9.17, 15) is 0 Å². The Kier molecular flexibility index (Phi) is 4.63. The summed E-state index contributed by atoms with van der Waals surface area (Å²) in [6.45, 7) is 7.77. The minimum Gasteiger partial charge on any atom is -0.461 e. The maximum atomic E-state index is 5.51. The number of nitrogens with two attached hydrogens (primary N) is 1. The molecule has 0 amide bonds. The summed E-state index contributed by atoms with van der Waals surface area (Å²) in [5.74, 6) is 7.45. The van der Waals surface area contributed by atoms with Gasteiger partial charge < -0.3 is 4.74 Å². The highest BCUT2D eigenvalue weighted by Gasteiger charge is 2.15. The van der Waals surface area contributed by atoms with Crippen LogP contribution in [0.5, 0.6) is 6.01 Å². The van der Waals surface area contributed by atoms with Gasteiger partial charge in [0, 0.05) is 12.8 Å². The van der Waals surface area contributed by atoms with E-state index < -0.39 is 0 Å². The molecule has 0 aliphatic carbocycles. The molecule has 2 heterocycles. The van der Waals surface area contributed by atoms with Crippen molar-refractivity contribution >= 4 is 5.95 Å². The van der Waals surface area contributed by atoms with E-state index in [0.717, 1.165) is 18.1 Å². The maximum Gasteiger partial charge on any atom is 0.323 e. The van der Waals surface area contributed by atoms with Gasteiger partial charge in [0.25, 0.3) is 5.95 Å². The third kappa shape index (κ3) is 3.43. The Balaban J connectivity index is 2.49. The first-order valence-electron chi connectivity index (χ1n) is 6.91. The van der Waals surface area contributed by atoms with Crippen molar-refractivity contribution in [3.63, 3.8) is 0 Å². The van der Waals surface area contributed by atoms with E-state index >= 15 is 0 Å². The van der Waals surface area contributed by atoms with Gasteiger partial charge in [-0.25, -0.2) is 10.8 Å². The molecule has 0 bridgehead atoms. The van der Waals surface area contributed by atoms with Gasteiger partial charge in [-0.15, -0.1) is 5.10 Å². The predicted octanol–water partition coefficient (Wildman–Crippen LogP) is 0.650. The summed E-state index contributed by atoms with van der Waals surface area (Å²) in [4.78, 5) is 17.0. The van der Waals surface area contributed by atoms with Crippen LogP contribution in [0.25, 0.3) is 5.95 Å². The van der Waals surface area contributed by atoms with Gasteiger partial charge in [0.15, 0.2) is 5.82 Å². The number of hydrogen-bond acceptors (Lipinski definition) is 8. The topological polar surface area (TPSA) is 117 Å². The molecule has 0 saturated carbocycles. The summed E-state index contributed by atoms with van der Waals surface area (Å²) < 4.78 is 7.10. The van der Waals surface area contributed by atoms with Crippen LogP contribution in [-0.4, -0.2) is 35.8 Å². The van der Waals surface area contributed by atoms with Gasteiger partial charge in [-0.2, -0.15) is 19.6 Å². The number of aromatic nitrogens is 6. The number of nitrogens with one attached hydrogen (secondary N) is 1. The van der Waals surface area contributed by atoms with Gasteiger partial charge >= 0.3 is 6.01 Å². The van der Waals surface area contributed by atoms with Crippen LogP contribution in [0.2, 0.25) is 0 Å². The van der Waals surface area contributed by atoms with Crippen molar-refractivity contribution in [2.24, 2.45) is 5.84 Å². The summed E-state index contributed by atoms with van der Waals surface area (Å²) in [5, 5.41) is 4.39. The van der Waals surface area contributed by atoms with Crippen LogP contribution in [0, 0.1) is 0 Å². The number of nitrogens with zero attached hydrogens (tertiary/aromatic N) is 6.